The van der Waals surface area contributed by atoms with E-state index >= 15 is 0 Å². The van der Waals surface area contributed by atoms with Gasteiger partial charge in [0.15, 0.2) is 0 Å². The molecule has 0 nitrogen and oxygen atoms in total. The Labute approximate surface area is 132 Å². The van der Waals surface area contributed by atoms with Gasteiger partial charge in [-0.25, -0.2) is 4.39 Å². The molecule has 1 atom stereocenters. The number of rotatable bonds is 3. The van der Waals surface area contributed by atoms with E-state index in [1.165, 1.54) is 18.2 Å². The summed E-state index contributed by atoms with van der Waals surface area (Å²) in [5.41, 5.74) is -6.02. The highest BCUT2D eigenvalue weighted by Crippen LogP contribution is 2.54. The maximum absolute atomic E-state index is 13.8. The number of alkyl halides is 9. The molecule has 0 amide bonds. The molecule has 0 aliphatic heterocycles. The fourth-order valence-corrected chi connectivity index (χ4v) is 2.20. The van der Waals surface area contributed by atoms with Crippen molar-refractivity contribution in [1.29, 1.82) is 0 Å². The van der Waals surface area contributed by atoms with Crippen LogP contribution in [0.2, 0.25) is 0 Å². The maximum Gasteiger partial charge on any atom is 0.457 e. The van der Waals surface area contributed by atoms with Crippen molar-refractivity contribution in [3.63, 3.8) is 0 Å². The Morgan fingerprint density at radius 3 is 1.59 bits per heavy atom. The van der Waals surface area contributed by atoms with E-state index in [0.29, 0.717) is 0 Å². The van der Waals surface area contributed by atoms with Crippen LogP contribution >= 0.6 is 22.6 Å². The van der Waals surface area contributed by atoms with Crippen molar-refractivity contribution in [2.24, 2.45) is 0 Å². The Morgan fingerprint density at radius 1 is 0.773 bits per heavy atom. The first-order chi connectivity index (χ1) is 9.74. The Balaban J connectivity index is 3.50. The summed E-state index contributed by atoms with van der Waals surface area (Å²) in [5, 5.41) is 0. The van der Waals surface area contributed by atoms with Crippen molar-refractivity contribution in [2.75, 3.05) is 0 Å². The molecule has 124 valence electrons. The van der Waals surface area contributed by atoms with Gasteiger partial charge in [0, 0.05) is 3.58 Å². The SMILES string of the molecule is FC(F)(F)C(F)(F)C(F)(C=C(I)c1ccccc1)C(F)(F)F. The van der Waals surface area contributed by atoms with E-state index in [2.05, 4.69) is 0 Å². The molecule has 0 saturated carbocycles. The average Bonchev–Trinajstić information content (AvgIpc) is 2.36. The number of hydrogen-bond donors (Lipinski definition) is 0. The van der Waals surface area contributed by atoms with Crippen LogP contribution in [0.15, 0.2) is 36.4 Å². The summed E-state index contributed by atoms with van der Waals surface area (Å²) in [6.07, 6.45) is -13.9. The smallest absolute Gasteiger partial charge is 0.222 e. The zero-order chi connectivity index (χ0) is 17.4. The number of allylic oxidation sites excluding steroid dienone is 1. The topological polar surface area (TPSA) is 0 Å². The third kappa shape index (κ3) is 3.35. The Hall–Kier alpha value is -0.940. The summed E-state index contributed by atoms with van der Waals surface area (Å²) in [4.78, 5) is 0. The lowest BCUT2D eigenvalue weighted by molar-refractivity contribution is -0.369. The van der Waals surface area contributed by atoms with Crippen molar-refractivity contribution in [1.82, 2.24) is 0 Å². The van der Waals surface area contributed by atoms with Crippen LogP contribution in [-0.4, -0.2) is 23.9 Å². The quantitative estimate of drug-likeness (QED) is 0.398. The van der Waals surface area contributed by atoms with E-state index in [9.17, 15) is 39.5 Å². The molecular formula is C12H6F9I. The van der Waals surface area contributed by atoms with Crippen LogP contribution in [0.4, 0.5) is 39.5 Å². The molecule has 22 heavy (non-hydrogen) atoms. The van der Waals surface area contributed by atoms with Gasteiger partial charge in [-0.05, 0) is 34.2 Å². The maximum atomic E-state index is 13.8. The molecule has 1 unspecified atom stereocenters. The van der Waals surface area contributed by atoms with Gasteiger partial charge in [0.1, 0.15) is 0 Å². The van der Waals surface area contributed by atoms with Gasteiger partial charge in [0.2, 0.25) is 0 Å². The van der Waals surface area contributed by atoms with Crippen molar-refractivity contribution < 1.29 is 39.5 Å². The minimum absolute atomic E-state index is 0.132. The average molecular weight is 448 g/mol. The Morgan fingerprint density at radius 2 is 1.23 bits per heavy atom. The predicted octanol–water partition coefficient (Wildman–Crippen LogP) is 5.93. The van der Waals surface area contributed by atoms with Crippen LogP contribution < -0.4 is 0 Å². The lowest BCUT2D eigenvalue weighted by atomic mass is 9.94. The second-order valence-electron chi connectivity index (χ2n) is 4.14. The molecule has 0 bridgehead atoms. The molecule has 0 saturated heterocycles. The summed E-state index contributed by atoms with van der Waals surface area (Å²) < 4.78 is 114. The highest BCUT2D eigenvalue weighted by atomic mass is 127. The molecular weight excluding hydrogens is 442 g/mol. The molecule has 0 aliphatic rings. The molecule has 1 aromatic rings. The summed E-state index contributed by atoms with van der Waals surface area (Å²) in [6.45, 7) is 0. The van der Waals surface area contributed by atoms with E-state index in [-0.39, 0.29) is 5.56 Å². The van der Waals surface area contributed by atoms with E-state index in [1.54, 1.807) is 0 Å². The molecule has 0 aromatic heterocycles. The van der Waals surface area contributed by atoms with E-state index in [4.69, 9.17) is 0 Å². The van der Waals surface area contributed by atoms with Gasteiger partial charge < -0.3 is 0 Å². The van der Waals surface area contributed by atoms with Crippen LogP contribution in [0.5, 0.6) is 0 Å². The molecule has 0 aliphatic carbocycles. The Kier molecular flexibility index (Phi) is 5.15. The second kappa shape index (κ2) is 5.93. The van der Waals surface area contributed by atoms with Crippen molar-refractivity contribution in [3.05, 3.63) is 42.0 Å². The van der Waals surface area contributed by atoms with Gasteiger partial charge >= 0.3 is 18.3 Å². The van der Waals surface area contributed by atoms with Gasteiger partial charge in [-0.15, -0.1) is 0 Å². The Bertz CT molecular complexity index is 544. The van der Waals surface area contributed by atoms with Gasteiger partial charge in [0.25, 0.3) is 5.67 Å². The van der Waals surface area contributed by atoms with Crippen LogP contribution in [0.25, 0.3) is 3.58 Å². The molecule has 0 heterocycles. The van der Waals surface area contributed by atoms with E-state index in [0.717, 1.165) is 34.7 Å². The number of hydrogen-bond acceptors (Lipinski definition) is 0. The third-order valence-electron chi connectivity index (χ3n) is 2.60. The minimum Gasteiger partial charge on any atom is -0.222 e. The second-order valence-corrected chi connectivity index (χ2v) is 5.30. The zero-order valence-corrected chi connectivity index (χ0v) is 12.4. The lowest BCUT2D eigenvalue weighted by Gasteiger charge is -2.34. The van der Waals surface area contributed by atoms with Crippen LogP contribution in [0.3, 0.4) is 0 Å². The van der Waals surface area contributed by atoms with E-state index < -0.39 is 33.6 Å². The fraction of sp³-hybridized carbons (Fsp3) is 0.333. The van der Waals surface area contributed by atoms with Gasteiger partial charge in [-0.1, -0.05) is 30.3 Å². The first-order valence-electron chi connectivity index (χ1n) is 5.38. The monoisotopic (exact) mass is 448 g/mol. The van der Waals surface area contributed by atoms with Gasteiger partial charge in [-0.3, -0.25) is 0 Å². The molecule has 0 spiro atoms. The summed E-state index contributed by atoms with van der Waals surface area (Å²) in [5.74, 6) is -6.64. The van der Waals surface area contributed by atoms with Crippen molar-refractivity contribution in [2.45, 2.75) is 23.9 Å². The predicted molar refractivity (Wildman–Crippen MR) is 69.3 cm³/mol. The standard InChI is InChI=1S/C12H6F9I/c13-9(11(16,17)18,10(14,15)12(19,20)21)6-8(22)7-4-2-1-3-5-7/h1-6H. The molecule has 1 aromatic carbocycles. The van der Waals surface area contributed by atoms with Crippen LogP contribution in [0, 0.1) is 0 Å². The summed E-state index contributed by atoms with van der Waals surface area (Å²) in [6, 6.07) is 6.32. The van der Waals surface area contributed by atoms with Crippen molar-refractivity contribution in [3.8, 4) is 0 Å². The molecule has 1 rings (SSSR count). The van der Waals surface area contributed by atoms with Crippen LogP contribution in [0.1, 0.15) is 5.56 Å². The van der Waals surface area contributed by atoms with Crippen LogP contribution in [-0.2, 0) is 0 Å². The largest absolute Gasteiger partial charge is 0.457 e. The highest BCUT2D eigenvalue weighted by Gasteiger charge is 2.80. The molecule has 0 N–H and O–H groups in total. The fourth-order valence-electron chi connectivity index (χ4n) is 1.41. The van der Waals surface area contributed by atoms with E-state index in [1.807, 2.05) is 0 Å². The zero-order valence-electron chi connectivity index (χ0n) is 10.2. The summed E-state index contributed by atoms with van der Waals surface area (Å²) in [7, 11) is 0. The summed E-state index contributed by atoms with van der Waals surface area (Å²) >= 11 is 1.06. The minimum atomic E-state index is -6.71. The van der Waals surface area contributed by atoms with Crippen molar-refractivity contribution >= 4 is 26.2 Å². The normalized spacial score (nSPS) is 17.3. The first-order valence-corrected chi connectivity index (χ1v) is 6.46. The molecule has 0 radical (unpaired) electrons. The highest BCUT2D eigenvalue weighted by molar-refractivity contribution is 14.1. The first kappa shape index (κ1) is 19.1. The number of benzene rings is 1. The third-order valence-corrected chi connectivity index (χ3v) is 3.53. The number of halogens is 10. The molecule has 10 heteroatoms. The van der Waals surface area contributed by atoms with Gasteiger partial charge in [0.05, 0.1) is 0 Å². The molecule has 0 fully saturated rings. The van der Waals surface area contributed by atoms with Gasteiger partial charge in [-0.2, -0.15) is 35.1 Å². The lowest BCUT2D eigenvalue weighted by Crippen LogP contribution is -2.61.